The molecule has 1 atom stereocenters. The van der Waals surface area contributed by atoms with Crippen LogP contribution < -0.4 is 4.74 Å². The molecule has 3 aromatic rings. The van der Waals surface area contributed by atoms with Crippen molar-refractivity contribution in [3.05, 3.63) is 47.1 Å². The molecule has 2 aromatic heterocycles. The molecule has 0 aliphatic carbocycles. The first-order valence-corrected chi connectivity index (χ1v) is 10.4. The molecule has 3 rings (SSSR count). The summed E-state index contributed by atoms with van der Waals surface area (Å²) in [6.07, 6.45) is 4.05. The number of aryl methyl sites for hydroxylation is 1. The molecule has 0 amide bonds. The van der Waals surface area contributed by atoms with Gasteiger partial charge in [0.1, 0.15) is 0 Å². The van der Waals surface area contributed by atoms with Gasteiger partial charge >= 0.3 is 0 Å². The Morgan fingerprint density at radius 1 is 1.18 bits per heavy atom. The summed E-state index contributed by atoms with van der Waals surface area (Å²) in [4.78, 5) is 6.88. The standard InChI is InChI=1S/C22H29ClN4O/c1-5-26(6-2)13-7-8-17(4)28-22-12-11-21-24-15-20(27(21)25-22)18-10-9-16(3)19(23)14-18/h9-12,14-15,17H,5-8,13H2,1-4H3. The molecule has 0 fully saturated rings. The van der Waals surface area contributed by atoms with Crippen molar-refractivity contribution in [3.63, 3.8) is 0 Å². The van der Waals surface area contributed by atoms with E-state index in [2.05, 4.69) is 35.8 Å². The van der Waals surface area contributed by atoms with Crippen molar-refractivity contribution in [1.82, 2.24) is 19.5 Å². The Morgan fingerprint density at radius 2 is 1.96 bits per heavy atom. The first-order chi connectivity index (χ1) is 13.5. The topological polar surface area (TPSA) is 42.7 Å². The maximum atomic E-state index is 6.30. The highest BCUT2D eigenvalue weighted by Crippen LogP contribution is 2.26. The van der Waals surface area contributed by atoms with E-state index in [1.165, 1.54) is 0 Å². The van der Waals surface area contributed by atoms with E-state index in [1.54, 1.807) is 0 Å². The minimum atomic E-state index is 0.112. The smallest absolute Gasteiger partial charge is 0.232 e. The highest BCUT2D eigenvalue weighted by Gasteiger charge is 2.12. The van der Waals surface area contributed by atoms with Crippen molar-refractivity contribution in [1.29, 1.82) is 0 Å². The van der Waals surface area contributed by atoms with Crippen LogP contribution in [0.15, 0.2) is 36.5 Å². The predicted octanol–water partition coefficient (Wildman–Crippen LogP) is 5.25. The molecule has 0 bridgehead atoms. The third-order valence-corrected chi connectivity index (χ3v) is 5.51. The van der Waals surface area contributed by atoms with Crippen LogP contribution in [0.25, 0.3) is 16.9 Å². The fourth-order valence-corrected chi connectivity index (χ4v) is 3.46. The van der Waals surface area contributed by atoms with Gasteiger partial charge in [0.2, 0.25) is 5.88 Å². The van der Waals surface area contributed by atoms with Gasteiger partial charge in [-0.1, -0.05) is 37.6 Å². The molecule has 0 radical (unpaired) electrons. The average Bonchev–Trinajstić information content (AvgIpc) is 3.10. The number of hydrogen-bond acceptors (Lipinski definition) is 4. The second-order valence-electron chi connectivity index (χ2n) is 7.15. The fourth-order valence-electron chi connectivity index (χ4n) is 3.28. The van der Waals surface area contributed by atoms with Crippen LogP contribution in [-0.4, -0.2) is 45.2 Å². The van der Waals surface area contributed by atoms with Crippen LogP contribution in [0.5, 0.6) is 5.88 Å². The number of fused-ring (bicyclic) bond motifs is 1. The Balaban J connectivity index is 1.72. The van der Waals surface area contributed by atoms with E-state index in [0.717, 1.165) is 60.0 Å². The third kappa shape index (κ3) is 4.83. The molecule has 0 N–H and O–H groups in total. The molecule has 0 saturated carbocycles. The Kier molecular flexibility index (Phi) is 6.92. The molecule has 0 aliphatic rings. The Bertz CT molecular complexity index is 920. The average molecular weight is 401 g/mol. The summed E-state index contributed by atoms with van der Waals surface area (Å²) in [5, 5.41) is 5.40. The summed E-state index contributed by atoms with van der Waals surface area (Å²) in [5.74, 6) is 0.611. The van der Waals surface area contributed by atoms with Crippen LogP contribution in [0.2, 0.25) is 5.02 Å². The summed E-state index contributed by atoms with van der Waals surface area (Å²) in [5.41, 5.74) is 3.72. The van der Waals surface area contributed by atoms with Crippen LogP contribution in [0.4, 0.5) is 0 Å². The number of aromatic nitrogens is 3. The molecule has 150 valence electrons. The molecule has 0 saturated heterocycles. The largest absolute Gasteiger partial charge is 0.474 e. The zero-order valence-corrected chi connectivity index (χ0v) is 17.9. The van der Waals surface area contributed by atoms with E-state index < -0.39 is 0 Å². The molecule has 2 heterocycles. The van der Waals surface area contributed by atoms with Crippen molar-refractivity contribution in [2.75, 3.05) is 19.6 Å². The molecule has 5 nitrogen and oxygen atoms in total. The Hall–Kier alpha value is -2.11. The quantitative estimate of drug-likeness (QED) is 0.492. The van der Waals surface area contributed by atoms with Gasteiger partial charge in [-0.15, -0.1) is 5.10 Å². The molecular weight excluding hydrogens is 372 g/mol. The van der Waals surface area contributed by atoms with Crippen molar-refractivity contribution in [2.45, 2.75) is 46.6 Å². The van der Waals surface area contributed by atoms with Crippen LogP contribution in [0.1, 0.15) is 39.2 Å². The maximum Gasteiger partial charge on any atom is 0.232 e. The second kappa shape index (κ2) is 9.39. The third-order valence-electron chi connectivity index (χ3n) is 5.11. The number of benzene rings is 1. The number of nitrogens with zero attached hydrogens (tertiary/aromatic N) is 4. The van der Waals surface area contributed by atoms with Crippen molar-refractivity contribution in [3.8, 4) is 17.1 Å². The van der Waals surface area contributed by atoms with E-state index >= 15 is 0 Å². The van der Waals surface area contributed by atoms with Crippen molar-refractivity contribution >= 4 is 17.2 Å². The lowest BCUT2D eigenvalue weighted by Crippen LogP contribution is -2.25. The van der Waals surface area contributed by atoms with E-state index in [9.17, 15) is 0 Å². The number of rotatable bonds is 9. The van der Waals surface area contributed by atoms with Gasteiger partial charge in [0.15, 0.2) is 5.65 Å². The molecule has 28 heavy (non-hydrogen) atoms. The van der Waals surface area contributed by atoms with Gasteiger partial charge in [-0.3, -0.25) is 0 Å². The second-order valence-corrected chi connectivity index (χ2v) is 7.55. The first kappa shape index (κ1) is 20.6. The summed E-state index contributed by atoms with van der Waals surface area (Å²) in [6.45, 7) is 11.8. The Labute approximate surface area is 172 Å². The zero-order chi connectivity index (χ0) is 20.1. The molecule has 1 unspecified atom stereocenters. The minimum Gasteiger partial charge on any atom is -0.474 e. The monoisotopic (exact) mass is 400 g/mol. The van der Waals surface area contributed by atoms with E-state index in [0.29, 0.717) is 5.88 Å². The highest BCUT2D eigenvalue weighted by molar-refractivity contribution is 6.31. The van der Waals surface area contributed by atoms with Gasteiger partial charge in [-0.2, -0.15) is 0 Å². The van der Waals surface area contributed by atoms with Gasteiger partial charge in [-0.25, -0.2) is 9.50 Å². The maximum absolute atomic E-state index is 6.30. The summed E-state index contributed by atoms with van der Waals surface area (Å²) in [6, 6.07) is 9.82. The number of halogens is 1. The van der Waals surface area contributed by atoms with E-state index in [-0.39, 0.29) is 6.10 Å². The van der Waals surface area contributed by atoms with E-state index in [4.69, 9.17) is 16.3 Å². The zero-order valence-electron chi connectivity index (χ0n) is 17.2. The summed E-state index contributed by atoms with van der Waals surface area (Å²) < 4.78 is 7.89. The van der Waals surface area contributed by atoms with E-state index in [1.807, 2.05) is 48.0 Å². The fraction of sp³-hybridized carbons (Fsp3) is 0.455. The lowest BCUT2D eigenvalue weighted by Gasteiger charge is -2.19. The number of hydrogen-bond donors (Lipinski definition) is 0. The normalized spacial score (nSPS) is 12.6. The van der Waals surface area contributed by atoms with Crippen LogP contribution in [0.3, 0.4) is 0 Å². The van der Waals surface area contributed by atoms with Gasteiger partial charge in [0, 0.05) is 16.7 Å². The van der Waals surface area contributed by atoms with Crippen LogP contribution in [0, 0.1) is 6.92 Å². The predicted molar refractivity (Wildman–Crippen MR) is 115 cm³/mol. The lowest BCUT2D eigenvalue weighted by molar-refractivity contribution is 0.186. The Morgan fingerprint density at radius 3 is 2.68 bits per heavy atom. The van der Waals surface area contributed by atoms with Gasteiger partial charge in [0.05, 0.1) is 18.0 Å². The van der Waals surface area contributed by atoms with Crippen LogP contribution >= 0.6 is 11.6 Å². The lowest BCUT2D eigenvalue weighted by atomic mass is 10.1. The number of ether oxygens (including phenoxy) is 1. The molecule has 0 aliphatic heterocycles. The molecule has 1 aromatic carbocycles. The molecule has 6 heteroatoms. The highest BCUT2D eigenvalue weighted by atomic mass is 35.5. The van der Waals surface area contributed by atoms with Gasteiger partial charge in [0.25, 0.3) is 0 Å². The first-order valence-electron chi connectivity index (χ1n) is 10.0. The molecular formula is C22H29ClN4O. The van der Waals surface area contributed by atoms with Crippen molar-refractivity contribution in [2.24, 2.45) is 0 Å². The SMILES string of the molecule is CCN(CC)CCCC(C)Oc1ccc2ncc(-c3ccc(C)c(Cl)c3)n2n1. The molecule has 0 spiro atoms. The number of imidazole rings is 1. The summed E-state index contributed by atoms with van der Waals surface area (Å²) >= 11 is 6.30. The van der Waals surface area contributed by atoms with Gasteiger partial charge in [-0.05, 0) is 64.0 Å². The van der Waals surface area contributed by atoms with Crippen LogP contribution in [-0.2, 0) is 0 Å². The van der Waals surface area contributed by atoms with Gasteiger partial charge < -0.3 is 9.64 Å². The minimum absolute atomic E-state index is 0.112. The van der Waals surface area contributed by atoms with Crippen molar-refractivity contribution < 1.29 is 4.74 Å². The summed E-state index contributed by atoms with van der Waals surface area (Å²) in [7, 11) is 0.